The summed E-state index contributed by atoms with van der Waals surface area (Å²) in [6, 6.07) is 15.6. The molecule has 0 bridgehead atoms. The number of hydrogen-bond acceptors (Lipinski definition) is 3. The van der Waals surface area contributed by atoms with Crippen LogP contribution in [0.25, 0.3) is 0 Å². The second-order valence-corrected chi connectivity index (χ2v) is 6.08. The van der Waals surface area contributed by atoms with Gasteiger partial charge in [0.05, 0.1) is 11.4 Å². The van der Waals surface area contributed by atoms with E-state index in [4.69, 9.17) is 0 Å². The number of nitrogens with zero attached hydrogens (tertiary/aromatic N) is 1. The highest BCUT2D eigenvalue weighted by Gasteiger charge is 2.13. The lowest BCUT2D eigenvalue weighted by molar-refractivity contribution is -0.132. The summed E-state index contributed by atoms with van der Waals surface area (Å²) in [6.45, 7) is 2.58. The summed E-state index contributed by atoms with van der Waals surface area (Å²) in [5, 5.41) is 5.86. The topological polar surface area (TPSA) is 61.4 Å². The normalized spacial score (nSPS) is 10.2. The molecule has 0 saturated heterocycles. The fourth-order valence-corrected chi connectivity index (χ4v) is 2.49. The summed E-state index contributed by atoms with van der Waals surface area (Å²) in [4.78, 5) is 26.0. The maximum Gasteiger partial charge on any atom is 0.224 e. The maximum absolute atomic E-state index is 12.2. The van der Waals surface area contributed by atoms with Crippen molar-refractivity contribution in [2.45, 2.75) is 26.3 Å². The lowest BCUT2D eigenvalue weighted by atomic mass is 10.1. The zero-order valence-corrected chi connectivity index (χ0v) is 15.0. The second kappa shape index (κ2) is 8.87. The van der Waals surface area contributed by atoms with Gasteiger partial charge in [0.2, 0.25) is 11.8 Å². The molecule has 0 heterocycles. The molecule has 2 N–H and O–H groups in total. The zero-order valence-electron chi connectivity index (χ0n) is 15.0. The summed E-state index contributed by atoms with van der Waals surface area (Å²) in [6.07, 6.45) is 0.352. The number of nitrogens with one attached hydrogen (secondary N) is 2. The van der Waals surface area contributed by atoms with E-state index in [2.05, 4.69) is 10.6 Å². The first-order valence-electron chi connectivity index (χ1n) is 8.35. The Balaban J connectivity index is 1.82. The number of benzene rings is 2. The summed E-state index contributed by atoms with van der Waals surface area (Å²) in [5.74, 6) is -0.211. The van der Waals surface area contributed by atoms with Gasteiger partial charge in [-0.2, -0.15) is 0 Å². The number of hydrogen-bond donors (Lipinski definition) is 2. The molecule has 0 aromatic heterocycles. The number of amides is 2. The lowest BCUT2D eigenvalue weighted by Gasteiger charge is -2.17. The SMILES string of the molecule is CNc1ccccc1NC(=O)CCC(=O)N(C)Cc1ccc(C)cc1. The molecule has 0 radical (unpaired) electrons. The largest absolute Gasteiger partial charge is 0.386 e. The summed E-state index contributed by atoms with van der Waals surface area (Å²) < 4.78 is 0. The Morgan fingerprint density at radius 2 is 1.60 bits per heavy atom. The maximum atomic E-state index is 12.2. The van der Waals surface area contributed by atoms with Gasteiger partial charge in [0, 0.05) is 33.5 Å². The van der Waals surface area contributed by atoms with Crippen LogP contribution in [0.3, 0.4) is 0 Å². The highest BCUT2D eigenvalue weighted by atomic mass is 16.2. The number of aryl methyl sites for hydroxylation is 1. The quantitative estimate of drug-likeness (QED) is 0.812. The molecule has 0 aliphatic carbocycles. The van der Waals surface area contributed by atoms with Gasteiger partial charge in [-0.25, -0.2) is 0 Å². The molecular weight excluding hydrogens is 314 g/mol. The Morgan fingerprint density at radius 3 is 2.24 bits per heavy atom. The minimum Gasteiger partial charge on any atom is -0.386 e. The summed E-state index contributed by atoms with van der Waals surface area (Å²) in [7, 11) is 3.56. The minimum atomic E-state index is -0.167. The van der Waals surface area contributed by atoms with Gasteiger partial charge in [-0.3, -0.25) is 9.59 Å². The standard InChI is InChI=1S/C20H25N3O2/c1-15-8-10-16(11-9-15)14-23(3)20(25)13-12-19(24)22-18-7-5-4-6-17(18)21-2/h4-11,21H,12-14H2,1-3H3,(H,22,24). The molecule has 2 amide bonds. The molecule has 0 aliphatic rings. The van der Waals surface area contributed by atoms with Crippen LogP contribution in [0.4, 0.5) is 11.4 Å². The van der Waals surface area contributed by atoms with Crippen molar-refractivity contribution in [3.63, 3.8) is 0 Å². The number of anilines is 2. The second-order valence-electron chi connectivity index (χ2n) is 6.08. The molecule has 0 atom stereocenters. The summed E-state index contributed by atoms with van der Waals surface area (Å²) in [5.41, 5.74) is 3.83. The summed E-state index contributed by atoms with van der Waals surface area (Å²) >= 11 is 0. The Labute approximate surface area is 149 Å². The Kier molecular flexibility index (Phi) is 6.57. The van der Waals surface area contributed by atoms with Crippen molar-refractivity contribution < 1.29 is 9.59 Å². The fraction of sp³-hybridized carbons (Fsp3) is 0.300. The number of rotatable bonds is 7. The van der Waals surface area contributed by atoms with Crippen LogP contribution >= 0.6 is 0 Å². The van der Waals surface area contributed by atoms with Crippen LogP contribution in [0.1, 0.15) is 24.0 Å². The molecule has 5 heteroatoms. The van der Waals surface area contributed by atoms with E-state index < -0.39 is 0 Å². The molecule has 0 aliphatic heterocycles. The van der Waals surface area contributed by atoms with Crippen molar-refractivity contribution in [1.29, 1.82) is 0 Å². The van der Waals surface area contributed by atoms with E-state index >= 15 is 0 Å². The first-order valence-corrected chi connectivity index (χ1v) is 8.35. The highest BCUT2D eigenvalue weighted by molar-refractivity contribution is 5.95. The molecule has 0 saturated carbocycles. The van der Waals surface area contributed by atoms with Crippen LogP contribution < -0.4 is 10.6 Å². The number of carbonyl (C=O) groups excluding carboxylic acids is 2. The molecule has 0 fully saturated rings. The van der Waals surface area contributed by atoms with Gasteiger partial charge >= 0.3 is 0 Å². The van der Waals surface area contributed by atoms with Gasteiger partial charge < -0.3 is 15.5 Å². The highest BCUT2D eigenvalue weighted by Crippen LogP contribution is 2.20. The number of carbonyl (C=O) groups is 2. The van der Waals surface area contributed by atoms with E-state index in [-0.39, 0.29) is 24.7 Å². The molecular formula is C20H25N3O2. The molecule has 2 aromatic rings. The average molecular weight is 339 g/mol. The van der Waals surface area contributed by atoms with Gasteiger partial charge in [-0.1, -0.05) is 42.0 Å². The van der Waals surface area contributed by atoms with Gasteiger partial charge in [0.25, 0.3) is 0 Å². The van der Waals surface area contributed by atoms with Crippen molar-refractivity contribution in [2.75, 3.05) is 24.7 Å². The van der Waals surface area contributed by atoms with Crippen molar-refractivity contribution in [2.24, 2.45) is 0 Å². The van der Waals surface area contributed by atoms with E-state index in [0.717, 1.165) is 16.9 Å². The smallest absolute Gasteiger partial charge is 0.224 e. The van der Waals surface area contributed by atoms with E-state index in [1.165, 1.54) is 5.56 Å². The monoisotopic (exact) mass is 339 g/mol. The van der Waals surface area contributed by atoms with Crippen molar-refractivity contribution in [1.82, 2.24) is 4.90 Å². The van der Waals surface area contributed by atoms with Crippen LogP contribution in [0.5, 0.6) is 0 Å². The minimum absolute atomic E-state index is 0.0439. The molecule has 25 heavy (non-hydrogen) atoms. The van der Waals surface area contributed by atoms with Crippen LogP contribution in [-0.2, 0) is 16.1 Å². The van der Waals surface area contributed by atoms with Crippen LogP contribution in [-0.4, -0.2) is 30.8 Å². The zero-order chi connectivity index (χ0) is 18.2. The first-order chi connectivity index (χ1) is 12.0. The molecule has 0 unspecified atom stereocenters. The molecule has 132 valence electrons. The third kappa shape index (κ3) is 5.64. The van der Waals surface area contributed by atoms with Crippen LogP contribution in [0, 0.1) is 6.92 Å². The first kappa shape index (κ1) is 18.5. The van der Waals surface area contributed by atoms with Crippen molar-refractivity contribution in [3.05, 3.63) is 59.7 Å². The predicted octanol–water partition coefficient (Wildman–Crippen LogP) is 3.41. The molecule has 2 rings (SSSR count). The van der Waals surface area contributed by atoms with Crippen molar-refractivity contribution in [3.8, 4) is 0 Å². The van der Waals surface area contributed by atoms with Gasteiger partial charge in [-0.15, -0.1) is 0 Å². The van der Waals surface area contributed by atoms with Crippen LogP contribution in [0.15, 0.2) is 48.5 Å². The number of para-hydroxylation sites is 2. The Bertz CT molecular complexity index is 726. The van der Waals surface area contributed by atoms with Gasteiger partial charge in [0.15, 0.2) is 0 Å². The average Bonchev–Trinajstić information content (AvgIpc) is 2.62. The third-order valence-corrected chi connectivity index (χ3v) is 4.00. The van der Waals surface area contributed by atoms with Gasteiger partial charge in [-0.05, 0) is 24.6 Å². The third-order valence-electron chi connectivity index (χ3n) is 4.00. The van der Waals surface area contributed by atoms with E-state index in [9.17, 15) is 9.59 Å². The Hall–Kier alpha value is -2.82. The fourth-order valence-electron chi connectivity index (χ4n) is 2.49. The Morgan fingerprint density at radius 1 is 0.960 bits per heavy atom. The van der Waals surface area contributed by atoms with E-state index in [1.807, 2.05) is 55.5 Å². The molecule has 0 spiro atoms. The predicted molar refractivity (Wildman–Crippen MR) is 102 cm³/mol. The van der Waals surface area contributed by atoms with Crippen LogP contribution in [0.2, 0.25) is 0 Å². The lowest BCUT2D eigenvalue weighted by Crippen LogP contribution is -2.27. The van der Waals surface area contributed by atoms with E-state index in [1.54, 1.807) is 19.0 Å². The molecule has 2 aromatic carbocycles. The molecule has 5 nitrogen and oxygen atoms in total. The van der Waals surface area contributed by atoms with E-state index in [0.29, 0.717) is 6.54 Å². The van der Waals surface area contributed by atoms with Gasteiger partial charge in [0.1, 0.15) is 0 Å². The van der Waals surface area contributed by atoms with Crippen molar-refractivity contribution >= 4 is 23.2 Å².